The predicted molar refractivity (Wildman–Crippen MR) is 211 cm³/mol. The molecule has 0 bridgehead atoms. The summed E-state index contributed by atoms with van der Waals surface area (Å²) >= 11 is 11.4. The van der Waals surface area contributed by atoms with Gasteiger partial charge in [-0.25, -0.2) is 14.0 Å². The number of nitrogens with two attached hydrogens (primary N) is 2. The van der Waals surface area contributed by atoms with E-state index in [1.807, 2.05) is 34.6 Å². The van der Waals surface area contributed by atoms with Crippen molar-refractivity contribution in [2.24, 2.45) is 11.5 Å². The number of piperazine rings is 1. The summed E-state index contributed by atoms with van der Waals surface area (Å²) in [6.45, 7) is 20.7. The van der Waals surface area contributed by atoms with Crippen LogP contribution in [0.3, 0.4) is 0 Å². The maximum absolute atomic E-state index is 13.2. The largest absolute Gasteiger partial charge is 0.504 e. The lowest BCUT2D eigenvalue weighted by Crippen LogP contribution is -2.60. The van der Waals surface area contributed by atoms with Gasteiger partial charge in [0.2, 0.25) is 0 Å². The van der Waals surface area contributed by atoms with Crippen molar-refractivity contribution >= 4 is 52.9 Å². The van der Waals surface area contributed by atoms with E-state index in [4.69, 9.17) is 44.1 Å². The van der Waals surface area contributed by atoms with Crippen molar-refractivity contribution in [3.63, 3.8) is 0 Å². The van der Waals surface area contributed by atoms with Crippen molar-refractivity contribution in [3.8, 4) is 0 Å². The number of carbonyl (C=O) groups is 4. The smallest absolute Gasteiger partial charge is 0.413 e. The maximum atomic E-state index is 13.2. The van der Waals surface area contributed by atoms with E-state index in [2.05, 4.69) is 10.6 Å². The molecule has 13 nitrogen and oxygen atoms in total. The Labute approximate surface area is 327 Å². The van der Waals surface area contributed by atoms with Crippen LogP contribution in [0.25, 0.3) is 0 Å². The summed E-state index contributed by atoms with van der Waals surface area (Å²) in [6.07, 6.45) is 0.236. The number of amides is 4. The van der Waals surface area contributed by atoms with E-state index in [1.165, 1.54) is 24.3 Å². The molecule has 0 radical (unpaired) electrons. The number of ether oxygens (including phenoxy) is 2. The van der Waals surface area contributed by atoms with Gasteiger partial charge in [0.05, 0.1) is 17.1 Å². The lowest BCUT2D eigenvalue weighted by molar-refractivity contribution is -0.112. The van der Waals surface area contributed by atoms with Gasteiger partial charge in [-0.1, -0.05) is 44.0 Å². The highest BCUT2D eigenvalue weighted by Crippen LogP contribution is 2.27. The molecule has 4 amide bonds. The fourth-order valence-corrected chi connectivity index (χ4v) is 5.54. The summed E-state index contributed by atoms with van der Waals surface area (Å²) in [6, 6.07) is 8.49. The third-order valence-corrected chi connectivity index (χ3v) is 7.92. The Bertz CT molecular complexity index is 1680. The van der Waals surface area contributed by atoms with Gasteiger partial charge in [-0.15, -0.1) is 0 Å². The lowest BCUT2D eigenvalue weighted by atomic mass is 10.1. The quantitative estimate of drug-likeness (QED) is 0.0838. The van der Waals surface area contributed by atoms with Crippen LogP contribution in [0.1, 0.15) is 92.1 Å². The SMILES string of the molecule is CC.CC1CN(C(=O)c2ccc(NC(=O)/C(N)=C/C(O)=C(\N)NC(=O)OC(C)(C)C)cc2)CC(C)N1C(=O)OC(C)(C)C.CCc1c(Cl)ccc(F)c1Cl. The van der Waals surface area contributed by atoms with Crippen molar-refractivity contribution in [2.45, 2.75) is 106 Å². The van der Waals surface area contributed by atoms with Gasteiger partial charge < -0.3 is 36.3 Å². The average Bonchev–Trinajstić information content (AvgIpc) is 3.06. The van der Waals surface area contributed by atoms with Gasteiger partial charge >= 0.3 is 12.2 Å². The normalized spacial score (nSPS) is 16.4. The number of nitrogens with one attached hydrogen (secondary N) is 2. The molecule has 1 aliphatic rings. The Balaban J connectivity index is 0.000000947. The monoisotopic (exact) mass is 796 g/mol. The fraction of sp³-hybridized carbons (Fsp3) is 0.474. The molecule has 2 unspecified atom stereocenters. The summed E-state index contributed by atoms with van der Waals surface area (Å²) in [4.78, 5) is 53.4. The van der Waals surface area contributed by atoms with Gasteiger partial charge in [0.1, 0.15) is 28.5 Å². The van der Waals surface area contributed by atoms with Crippen molar-refractivity contribution in [2.75, 3.05) is 18.4 Å². The minimum atomic E-state index is -0.888. The number of nitrogens with zero attached hydrogens (tertiary/aromatic N) is 2. The Kier molecular flexibility index (Phi) is 18.1. The zero-order valence-electron chi connectivity index (χ0n) is 32.9. The number of carbonyl (C=O) groups excluding carboxylic acids is 4. The number of hydrogen-bond acceptors (Lipinski definition) is 9. The second-order valence-electron chi connectivity index (χ2n) is 14.0. The highest BCUT2D eigenvalue weighted by Gasteiger charge is 2.37. The molecule has 7 N–H and O–H groups in total. The lowest BCUT2D eigenvalue weighted by Gasteiger charge is -2.44. The molecule has 0 aromatic heterocycles. The number of rotatable bonds is 6. The van der Waals surface area contributed by atoms with Gasteiger partial charge in [0, 0.05) is 35.4 Å². The number of alkyl carbamates (subject to hydrolysis) is 1. The first-order chi connectivity index (χ1) is 24.9. The topological polar surface area (TPSA) is 190 Å². The number of aliphatic hydroxyl groups excluding tert-OH is 1. The zero-order valence-corrected chi connectivity index (χ0v) is 34.4. The van der Waals surface area contributed by atoms with E-state index >= 15 is 0 Å². The molecular weight excluding hydrogens is 742 g/mol. The summed E-state index contributed by atoms with van der Waals surface area (Å²) in [7, 11) is 0. The summed E-state index contributed by atoms with van der Waals surface area (Å²) in [5.74, 6) is -2.46. The predicted octanol–water partition coefficient (Wildman–Crippen LogP) is 7.87. The molecule has 1 saturated heterocycles. The molecule has 16 heteroatoms. The molecule has 0 saturated carbocycles. The van der Waals surface area contributed by atoms with E-state index in [1.54, 1.807) is 63.5 Å². The standard InChI is InChI=1S/C28H42N6O7.C8H7Cl2F.C2H6/c1-16-14-33(15-17(2)34(16)26(39)41-28(6,7)8)24(37)18-9-11-19(12-10-18)31-23(36)20(29)13-21(35)22(30)32-25(38)40-27(3,4)5;1-2-5-6(9)3-4-7(11)8(5)10;1-2/h9-13,16-17,35H,14-15,29-30H2,1-8H3,(H,31,36)(H,32,38);3-4H,2H2,1H3;1-2H3/b20-13-,22-21-;;. The Morgan fingerprint density at radius 1 is 0.926 bits per heavy atom. The van der Waals surface area contributed by atoms with Crippen LogP contribution in [0.15, 0.2) is 59.8 Å². The van der Waals surface area contributed by atoms with E-state index in [-0.39, 0.29) is 28.7 Å². The Morgan fingerprint density at radius 2 is 1.44 bits per heavy atom. The molecule has 2 aromatic carbocycles. The molecule has 0 aliphatic carbocycles. The molecular formula is C38H55Cl2FN6O7. The first-order valence-corrected chi connectivity index (χ1v) is 18.2. The molecule has 0 spiro atoms. The van der Waals surface area contributed by atoms with E-state index in [0.717, 1.165) is 6.08 Å². The van der Waals surface area contributed by atoms with Crippen molar-refractivity contribution in [1.29, 1.82) is 0 Å². The molecule has 1 heterocycles. The van der Waals surface area contributed by atoms with Crippen LogP contribution in [-0.4, -0.2) is 75.3 Å². The molecule has 2 aromatic rings. The van der Waals surface area contributed by atoms with Crippen LogP contribution in [-0.2, 0) is 20.7 Å². The zero-order chi connectivity index (χ0) is 41.7. The number of allylic oxidation sites excluding steroid dienone is 1. The van der Waals surface area contributed by atoms with Crippen LogP contribution < -0.4 is 22.1 Å². The highest BCUT2D eigenvalue weighted by molar-refractivity contribution is 6.36. The number of anilines is 1. The maximum Gasteiger partial charge on any atom is 0.413 e. The summed E-state index contributed by atoms with van der Waals surface area (Å²) in [5.41, 5.74) is 11.0. The van der Waals surface area contributed by atoms with Crippen LogP contribution in [0.2, 0.25) is 10.0 Å². The minimum absolute atomic E-state index is 0.139. The third kappa shape index (κ3) is 15.0. The van der Waals surface area contributed by atoms with Gasteiger partial charge in [0.15, 0.2) is 5.76 Å². The number of benzene rings is 2. The second-order valence-corrected chi connectivity index (χ2v) is 14.8. The fourth-order valence-electron chi connectivity index (χ4n) is 4.91. The van der Waals surface area contributed by atoms with Gasteiger partial charge in [-0.3, -0.25) is 19.8 Å². The third-order valence-electron chi connectivity index (χ3n) is 7.16. The summed E-state index contributed by atoms with van der Waals surface area (Å²) < 4.78 is 23.3. The Hall–Kier alpha value is -4.69. The first kappa shape index (κ1) is 47.3. The molecule has 3 rings (SSSR count). The van der Waals surface area contributed by atoms with Crippen LogP contribution in [0, 0.1) is 5.82 Å². The van der Waals surface area contributed by atoms with Gasteiger partial charge in [0.25, 0.3) is 11.8 Å². The van der Waals surface area contributed by atoms with E-state index < -0.39 is 46.7 Å². The highest BCUT2D eigenvalue weighted by atomic mass is 35.5. The van der Waals surface area contributed by atoms with Gasteiger partial charge in [-0.05, 0) is 104 Å². The second kappa shape index (κ2) is 20.7. The van der Waals surface area contributed by atoms with Gasteiger partial charge in [-0.2, -0.15) is 0 Å². The Morgan fingerprint density at radius 3 is 1.91 bits per heavy atom. The average molecular weight is 798 g/mol. The molecule has 2 atom stereocenters. The summed E-state index contributed by atoms with van der Waals surface area (Å²) in [5, 5.41) is 15.4. The number of aliphatic hydroxyl groups is 1. The molecule has 300 valence electrons. The molecule has 1 aliphatic heterocycles. The minimum Gasteiger partial charge on any atom is -0.504 e. The van der Waals surface area contributed by atoms with Crippen molar-refractivity contribution < 1.29 is 38.1 Å². The van der Waals surface area contributed by atoms with Crippen molar-refractivity contribution in [1.82, 2.24) is 15.1 Å². The first-order valence-electron chi connectivity index (χ1n) is 17.4. The molecule has 54 heavy (non-hydrogen) atoms. The van der Waals surface area contributed by atoms with Crippen LogP contribution in [0.5, 0.6) is 0 Å². The van der Waals surface area contributed by atoms with Crippen LogP contribution >= 0.6 is 23.2 Å². The van der Waals surface area contributed by atoms with Crippen LogP contribution in [0.4, 0.5) is 19.7 Å². The van der Waals surface area contributed by atoms with Crippen molar-refractivity contribution in [3.05, 3.63) is 86.7 Å². The molecule has 1 fully saturated rings. The van der Waals surface area contributed by atoms with E-state index in [9.17, 15) is 28.7 Å². The van der Waals surface area contributed by atoms with E-state index in [0.29, 0.717) is 41.3 Å². The number of hydrogen-bond donors (Lipinski definition) is 5. The number of halogens is 3.